The minimum Gasteiger partial charge on any atom is -0.493 e. The normalized spacial score (nSPS) is 28.5. The van der Waals surface area contributed by atoms with Crippen molar-refractivity contribution in [1.82, 2.24) is 4.98 Å². The Morgan fingerprint density at radius 2 is 1.67 bits per heavy atom. The van der Waals surface area contributed by atoms with Crippen molar-refractivity contribution in [1.29, 1.82) is 0 Å². The summed E-state index contributed by atoms with van der Waals surface area (Å²) in [7, 11) is 1.63. The number of aromatic amines is 1. The number of methoxy groups -OCH3 is 1. The number of imide groups is 1. The molecule has 7 nitrogen and oxygen atoms in total. The van der Waals surface area contributed by atoms with Crippen LogP contribution in [0.4, 0.5) is 5.69 Å². The molecule has 4 aliphatic rings. The zero-order chi connectivity index (χ0) is 29.4. The van der Waals surface area contributed by atoms with Crippen LogP contribution in [0.2, 0.25) is 0 Å². The van der Waals surface area contributed by atoms with Crippen LogP contribution in [0.3, 0.4) is 0 Å². The Morgan fingerprint density at radius 3 is 2.42 bits per heavy atom. The maximum absolute atomic E-state index is 14.0. The van der Waals surface area contributed by atoms with E-state index in [2.05, 4.69) is 27.0 Å². The van der Waals surface area contributed by atoms with E-state index in [1.54, 1.807) is 18.9 Å². The Morgan fingerprint density at radius 1 is 0.930 bits per heavy atom. The number of nitrogens with zero attached hydrogens (tertiary/aromatic N) is 1. The molecule has 2 bridgehead atoms. The molecule has 10 heteroatoms. The van der Waals surface area contributed by atoms with Crippen LogP contribution in [0.1, 0.15) is 28.3 Å². The first-order valence-corrected chi connectivity index (χ1v) is 16.8. The lowest BCUT2D eigenvalue weighted by molar-refractivity contribution is -0.123. The highest BCUT2D eigenvalue weighted by Crippen LogP contribution is 2.68. The summed E-state index contributed by atoms with van der Waals surface area (Å²) in [5.41, 5.74) is 2.71. The summed E-state index contributed by atoms with van der Waals surface area (Å²) in [6.07, 6.45) is 0.842. The first-order valence-electron chi connectivity index (χ1n) is 14.3. The van der Waals surface area contributed by atoms with E-state index in [1.165, 1.54) is 16.2 Å². The van der Waals surface area contributed by atoms with E-state index in [-0.39, 0.29) is 57.4 Å². The van der Waals surface area contributed by atoms with Crippen molar-refractivity contribution in [3.63, 3.8) is 0 Å². The zero-order valence-corrected chi connectivity index (χ0v) is 26.3. The highest BCUT2D eigenvalue weighted by molar-refractivity contribution is 9.10. The SMILES string of the molecule is COc1cc(C2c3sc(=O)[nH]c3SC3C2[C@H]2C[C@@H]3C3C(=O)N(c4ccc(Br)cc4)C(=O)C32)ccc1OCc1ccccc1. The fourth-order valence-electron chi connectivity index (χ4n) is 7.97. The number of hydrogen-bond acceptors (Lipinski definition) is 7. The second kappa shape index (κ2) is 10.4. The van der Waals surface area contributed by atoms with Gasteiger partial charge in [0, 0.05) is 20.5 Å². The molecule has 2 saturated carbocycles. The van der Waals surface area contributed by atoms with Crippen molar-refractivity contribution in [2.75, 3.05) is 12.0 Å². The first kappa shape index (κ1) is 27.2. The van der Waals surface area contributed by atoms with E-state index in [9.17, 15) is 14.4 Å². The van der Waals surface area contributed by atoms with Crippen molar-refractivity contribution >= 4 is 56.5 Å². The molecule has 1 N–H and O–H groups in total. The van der Waals surface area contributed by atoms with Crippen molar-refractivity contribution in [3.05, 3.63) is 103 Å². The Balaban J connectivity index is 1.16. The number of amides is 2. The van der Waals surface area contributed by atoms with Gasteiger partial charge in [0.05, 0.1) is 29.7 Å². The fraction of sp³-hybridized carbons (Fsp3) is 0.303. The van der Waals surface area contributed by atoms with Gasteiger partial charge in [-0.15, -0.1) is 11.8 Å². The lowest BCUT2D eigenvalue weighted by Crippen LogP contribution is -2.42. The molecule has 1 aromatic heterocycles. The van der Waals surface area contributed by atoms with Crippen molar-refractivity contribution in [2.45, 2.75) is 29.2 Å². The molecule has 2 amide bonds. The molecule has 0 radical (unpaired) electrons. The molecule has 2 aliphatic heterocycles. The summed E-state index contributed by atoms with van der Waals surface area (Å²) in [5, 5.41) is 1.01. The predicted molar refractivity (Wildman–Crippen MR) is 169 cm³/mol. The van der Waals surface area contributed by atoms with Gasteiger partial charge in [-0.05, 0) is 71.7 Å². The largest absolute Gasteiger partial charge is 0.493 e. The minimum atomic E-state index is -0.349. The lowest BCUT2D eigenvalue weighted by Gasteiger charge is -2.43. The summed E-state index contributed by atoms with van der Waals surface area (Å²) < 4.78 is 12.8. The molecule has 2 aliphatic carbocycles. The molecule has 0 spiro atoms. The first-order chi connectivity index (χ1) is 20.9. The van der Waals surface area contributed by atoms with E-state index in [4.69, 9.17) is 9.47 Å². The number of ether oxygens (including phenoxy) is 2. The molecule has 7 atom stereocenters. The summed E-state index contributed by atoms with van der Waals surface area (Å²) in [4.78, 5) is 45.8. The minimum absolute atomic E-state index is 0.0414. The topological polar surface area (TPSA) is 88.7 Å². The molecular weight excluding hydrogens is 648 g/mol. The van der Waals surface area contributed by atoms with E-state index in [1.807, 2.05) is 66.7 Å². The molecule has 3 aromatic carbocycles. The number of carbonyl (C=O) groups excluding carboxylic acids is 2. The monoisotopic (exact) mass is 674 g/mol. The number of carbonyl (C=O) groups is 2. The number of aromatic nitrogens is 1. The van der Waals surface area contributed by atoms with Gasteiger partial charge in [0.1, 0.15) is 6.61 Å². The molecule has 8 rings (SSSR count). The average Bonchev–Trinajstić information content (AvgIpc) is 3.76. The number of fused-ring (bicyclic) bond motifs is 9. The number of halogens is 1. The van der Waals surface area contributed by atoms with Crippen LogP contribution in [0.25, 0.3) is 0 Å². The quantitative estimate of drug-likeness (QED) is 0.236. The fourth-order valence-corrected chi connectivity index (χ4v) is 11.1. The van der Waals surface area contributed by atoms with Crippen LogP contribution in [0.5, 0.6) is 11.5 Å². The third-order valence-corrected chi connectivity index (χ3v) is 12.7. The lowest BCUT2D eigenvalue weighted by atomic mass is 9.68. The molecule has 1 saturated heterocycles. The van der Waals surface area contributed by atoms with Crippen molar-refractivity contribution in [2.24, 2.45) is 29.6 Å². The van der Waals surface area contributed by atoms with Gasteiger partial charge in [-0.3, -0.25) is 19.3 Å². The summed E-state index contributed by atoms with van der Waals surface area (Å²) in [5.74, 6) is 0.533. The third-order valence-electron chi connectivity index (χ3n) is 9.59. The molecule has 3 fully saturated rings. The van der Waals surface area contributed by atoms with Crippen LogP contribution in [-0.2, 0) is 16.2 Å². The Kier molecular flexibility index (Phi) is 6.58. The standard InChI is InChI=1S/C33H27BrN2O5S2/c1-40-23-13-17(7-12-22(23)41-15-16-5-3-2-4-6-16)24-25-20-14-21(28(25)42-30-29(24)43-33(39)35-30)27-26(20)31(37)36(32(27)38)19-10-8-18(34)9-11-19/h2-13,20-21,24-28H,14-15H2,1H3,(H,35,39)/t20-,21-,24?,25?,26?,27?,28?/m1/s1. The average molecular weight is 676 g/mol. The van der Waals surface area contributed by atoms with Gasteiger partial charge in [0.2, 0.25) is 11.8 Å². The highest BCUT2D eigenvalue weighted by Gasteiger charge is 2.69. The van der Waals surface area contributed by atoms with E-state index in [0.29, 0.717) is 23.8 Å². The Labute approximate surface area is 264 Å². The van der Waals surface area contributed by atoms with Gasteiger partial charge in [-0.1, -0.05) is 63.7 Å². The van der Waals surface area contributed by atoms with E-state index in [0.717, 1.165) is 31.9 Å². The third kappa shape index (κ3) is 4.24. The van der Waals surface area contributed by atoms with Gasteiger partial charge in [0.25, 0.3) is 0 Å². The molecule has 3 heterocycles. The molecule has 5 unspecified atom stereocenters. The highest BCUT2D eigenvalue weighted by atomic mass is 79.9. The van der Waals surface area contributed by atoms with Crippen LogP contribution in [0, 0.1) is 29.6 Å². The summed E-state index contributed by atoms with van der Waals surface area (Å²) in [6, 6.07) is 23.4. The van der Waals surface area contributed by atoms with Crippen LogP contribution in [-0.4, -0.2) is 29.2 Å². The van der Waals surface area contributed by atoms with Gasteiger partial charge >= 0.3 is 4.87 Å². The smallest absolute Gasteiger partial charge is 0.305 e. The number of H-pyrrole nitrogens is 1. The number of hydrogen-bond donors (Lipinski definition) is 1. The molecule has 43 heavy (non-hydrogen) atoms. The van der Waals surface area contributed by atoms with Crippen molar-refractivity contribution in [3.8, 4) is 11.5 Å². The predicted octanol–water partition coefficient (Wildman–Crippen LogP) is 6.46. The number of anilines is 1. The van der Waals surface area contributed by atoms with Crippen LogP contribution < -0.4 is 19.2 Å². The number of benzene rings is 3. The second-order valence-electron chi connectivity index (χ2n) is 11.6. The summed E-state index contributed by atoms with van der Waals surface area (Å²) in [6.45, 7) is 0.419. The molecular formula is C33H27BrN2O5S2. The molecule has 218 valence electrons. The summed E-state index contributed by atoms with van der Waals surface area (Å²) >= 11 is 6.39. The van der Waals surface area contributed by atoms with Gasteiger partial charge in [-0.25, -0.2) is 0 Å². The maximum atomic E-state index is 14.0. The van der Waals surface area contributed by atoms with E-state index < -0.39 is 0 Å². The number of rotatable bonds is 6. The Hall–Kier alpha value is -3.34. The molecule has 4 aromatic rings. The zero-order valence-electron chi connectivity index (χ0n) is 23.1. The van der Waals surface area contributed by atoms with Gasteiger partial charge < -0.3 is 14.5 Å². The number of thiazole rings is 1. The number of thioether (sulfide) groups is 1. The van der Waals surface area contributed by atoms with Crippen LogP contribution in [0.15, 0.2) is 87.1 Å². The van der Waals surface area contributed by atoms with Crippen molar-refractivity contribution < 1.29 is 19.1 Å². The Bertz CT molecular complexity index is 1810. The van der Waals surface area contributed by atoms with Gasteiger partial charge in [0.15, 0.2) is 11.5 Å². The van der Waals surface area contributed by atoms with Crippen LogP contribution >= 0.6 is 39.0 Å². The van der Waals surface area contributed by atoms with Gasteiger partial charge in [-0.2, -0.15) is 0 Å². The maximum Gasteiger partial charge on any atom is 0.305 e. The second-order valence-corrected chi connectivity index (χ2v) is 14.8. The number of nitrogens with one attached hydrogen (secondary N) is 1. The van der Waals surface area contributed by atoms with E-state index >= 15 is 0 Å².